The molecule has 27 heavy (non-hydrogen) atoms. The standard InChI is InChI=1S/C18H19N3O4S2/c1-11-4-3-5-13(8-11)10-27(22,23)21-18-16(17-19-12(2)20-25-17)14-6-7-24-9-15(14)26-18/h3-5,8,21H,6-7,9-10H2,1-2H3. The third kappa shape index (κ3) is 3.90. The number of ether oxygens (including phenoxy) is 1. The molecule has 1 aliphatic heterocycles. The Morgan fingerprint density at radius 2 is 2.15 bits per heavy atom. The van der Waals surface area contributed by atoms with Crippen molar-refractivity contribution in [2.24, 2.45) is 0 Å². The summed E-state index contributed by atoms with van der Waals surface area (Å²) in [5, 5.41) is 4.35. The summed E-state index contributed by atoms with van der Waals surface area (Å²) in [5.74, 6) is 0.737. The first-order chi connectivity index (χ1) is 12.9. The molecule has 2 aromatic heterocycles. The van der Waals surface area contributed by atoms with Crippen molar-refractivity contribution in [3.05, 3.63) is 51.7 Å². The lowest BCUT2D eigenvalue weighted by molar-refractivity contribution is 0.113. The molecule has 0 saturated carbocycles. The first-order valence-electron chi connectivity index (χ1n) is 8.50. The van der Waals surface area contributed by atoms with Crippen LogP contribution in [0.4, 0.5) is 5.00 Å². The third-order valence-electron chi connectivity index (χ3n) is 4.25. The number of anilines is 1. The van der Waals surface area contributed by atoms with E-state index in [4.69, 9.17) is 9.26 Å². The van der Waals surface area contributed by atoms with Crippen LogP contribution in [0, 0.1) is 13.8 Å². The Bertz CT molecular complexity index is 1090. The quantitative estimate of drug-likeness (QED) is 0.699. The van der Waals surface area contributed by atoms with E-state index in [0.29, 0.717) is 41.9 Å². The fraction of sp³-hybridized carbons (Fsp3) is 0.333. The van der Waals surface area contributed by atoms with E-state index in [1.165, 1.54) is 11.3 Å². The molecule has 142 valence electrons. The van der Waals surface area contributed by atoms with E-state index in [1.807, 2.05) is 31.2 Å². The van der Waals surface area contributed by atoms with Crippen LogP contribution in [0.1, 0.15) is 27.4 Å². The van der Waals surface area contributed by atoms with Crippen molar-refractivity contribution >= 4 is 26.4 Å². The van der Waals surface area contributed by atoms with Crippen LogP contribution in [0.3, 0.4) is 0 Å². The molecule has 1 aromatic carbocycles. The summed E-state index contributed by atoms with van der Waals surface area (Å²) < 4.78 is 39.1. The van der Waals surface area contributed by atoms with Crippen LogP contribution in [-0.2, 0) is 33.5 Å². The van der Waals surface area contributed by atoms with E-state index in [0.717, 1.165) is 21.6 Å². The molecule has 9 heteroatoms. The van der Waals surface area contributed by atoms with Gasteiger partial charge in [0.2, 0.25) is 10.0 Å². The van der Waals surface area contributed by atoms with Gasteiger partial charge in [0.15, 0.2) is 5.82 Å². The molecule has 0 unspecified atom stereocenters. The van der Waals surface area contributed by atoms with Crippen molar-refractivity contribution in [1.82, 2.24) is 10.1 Å². The summed E-state index contributed by atoms with van der Waals surface area (Å²) in [7, 11) is -3.60. The number of fused-ring (bicyclic) bond motifs is 1. The number of benzene rings is 1. The zero-order valence-electron chi connectivity index (χ0n) is 15.0. The molecule has 0 aliphatic carbocycles. The molecule has 0 amide bonds. The summed E-state index contributed by atoms with van der Waals surface area (Å²) in [6.07, 6.45) is 0.683. The monoisotopic (exact) mass is 405 g/mol. The van der Waals surface area contributed by atoms with Crippen LogP contribution in [0.5, 0.6) is 0 Å². The van der Waals surface area contributed by atoms with Crippen LogP contribution < -0.4 is 4.72 Å². The molecule has 4 rings (SSSR count). The van der Waals surface area contributed by atoms with Crippen molar-refractivity contribution in [3.8, 4) is 11.5 Å². The number of nitrogens with zero attached hydrogens (tertiary/aromatic N) is 2. The van der Waals surface area contributed by atoms with Gasteiger partial charge in [-0.3, -0.25) is 4.72 Å². The number of sulfonamides is 1. The van der Waals surface area contributed by atoms with E-state index in [-0.39, 0.29) is 5.75 Å². The number of hydrogen-bond donors (Lipinski definition) is 1. The van der Waals surface area contributed by atoms with Crippen LogP contribution in [0.25, 0.3) is 11.5 Å². The molecule has 0 spiro atoms. The molecule has 0 radical (unpaired) electrons. The lowest BCUT2D eigenvalue weighted by Crippen LogP contribution is -2.15. The highest BCUT2D eigenvalue weighted by atomic mass is 32.2. The predicted molar refractivity (Wildman–Crippen MR) is 103 cm³/mol. The lowest BCUT2D eigenvalue weighted by Gasteiger charge is -2.12. The molecule has 0 bridgehead atoms. The van der Waals surface area contributed by atoms with Crippen molar-refractivity contribution in [3.63, 3.8) is 0 Å². The van der Waals surface area contributed by atoms with E-state index < -0.39 is 10.0 Å². The number of hydrogen-bond acceptors (Lipinski definition) is 7. The van der Waals surface area contributed by atoms with Crippen LogP contribution in [0.2, 0.25) is 0 Å². The summed E-state index contributed by atoms with van der Waals surface area (Å²) in [6.45, 7) is 4.71. The maximum atomic E-state index is 12.8. The highest BCUT2D eigenvalue weighted by Gasteiger charge is 2.28. The first-order valence-corrected chi connectivity index (χ1v) is 11.0. The van der Waals surface area contributed by atoms with Gasteiger partial charge in [0.25, 0.3) is 5.89 Å². The Morgan fingerprint density at radius 3 is 2.89 bits per heavy atom. The van der Waals surface area contributed by atoms with Crippen molar-refractivity contribution < 1.29 is 17.7 Å². The molecular formula is C18H19N3O4S2. The van der Waals surface area contributed by atoms with Crippen LogP contribution in [0.15, 0.2) is 28.8 Å². The molecule has 3 aromatic rings. The SMILES string of the molecule is Cc1cccc(CS(=O)(=O)Nc2sc3c(c2-c2nc(C)no2)CCOC3)c1. The number of thiophene rings is 1. The minimum Gasteiger partial charge on any atom is -0.376 e. The largest absolute Gasteiger partial charge is 0.376 e. The number of nitrogens with one attached hydrogen (secondary N) is 1. The minimum absolute atomic E-state index is 0.101. The molecule has 0 fully saturated rings. The number of aromatic nitrogens is 2. The topological polar surface area (TPSA) is 94.3 Å². The van der Waals surface area contributed by atoms with E-state index in [1.54, 1.807) is 6.92 Å². The zero-order chi connectivity index (χ0) is 19.0. The molecule has 1 N–H and O–H groups in total. The minimum atomic E-state index is -3.60. The van der Waals surface area contributed by atoms with E-state index in [9.17, 15) is 8.42 Å². The maximum Gasteiger partial charge on any atom is 0.261 e. The number of rotatable bonds is 5. The summed E-state index contributed by atoms with van der Waals surface area (Å²) >= 11 is 1.36. The highest BCUT2D eigenvalue weighted by Crippen LogP contribution is 2.43. The smallest absolute Gasteiger partial charge is 0.261 e. The third-order valence-corrected chi connectivity index (χ3v) is 6.73. The predicted octanol–water partition coefficient (Wildman–Crippen LogP) is 3.43. The average molecular weight is 406 g/mol. The normalized spacial score (nSPS) is 14.1. The zero-order valence-corrected chi connectivity index (χ0v) is 16.6. The molecule has 0 saturated heterocycles. The van der Waals surface area contributed by atoms with Gasteiger partial charge in [-0.2, -0.15) is 4.98 Å². The van der Waals surface area contributed by atoms with Gasteiger partial charge in [-0.05, 0) is 31.4 Å². The van der Waals surface area contributed by atoms with Gasteiger partial charge < -0.3 is 9.26 Å². The average Bonchev–Trinajstić information content (AvgIpc) is 3.16. The van der Waals surface area contributed by atoms with E-state index in [2.05, 4.69) is 14.9 Å². The Kier molecular flexibility index (Phi) is 4.75. The van der Waals surface area contributed by atoms with Crippen molar-refractivity contribution in [2.75, 3.05) is 11.3 Å². The molecule has 3 heterocycles. The lowest BCUT2D eigenvalue weighted by atomic mass is 10.1. The highest BCUT2D eigenvalue weighted by molar-refractivity contribution is 7.92. The molecule has 7 nitrogen and oxygen atoms in total. The second-order valence-corrected chi connectivity index (χ2v) is 9.33. The van der Waals surface area contributed by atoms with Gasteiger partial charge in [0.05, 0.1) is 24.5 Å². The number of aryl methyl sites for hydroxylation is 2. The van der Waals surface area contributed by atoms with Crippen LogP contribution in [-0.4, -0.2) is 25.2 Å². The first kappa shape index (κ1) is 18.1. The van der Waals surface area contributed by atoms with Crippen LogP contribution >= 0.6 is 11.3 Å². The van der Waals surface area contributed by atoms with Gasteiger partial charge in [0.1, 0.15) is 5.00 Å². The summed E-state index contributed by atoms with van der Waals surface area (Å²) in [4.78, 5) is 5.29. The van der Waals surface area contributed by atoms with Gasteiger partial charge in [0, 0.05) is 4.88 Å². The maximum absolute atomic E-state index is 12.8. The summed E-state index contributed by atoms with van der Waals surface area (Å²) in [6, 6.07) is 7.47. The van der Waals surface area contributed by atoms with Gasteiger partial charge in [-0.1, -0.05) is 35.0 Å². The Balaban J connectivity index is 1.70. The van der Waals surface area contributed by atoms with Gasteiger partial charge in [-0.15, -0.1) is 11.3 Å². The Morgan fingerprint density at radius 1 is 1.30 bits per heavy atom. The fourth-order valence-electron chi connectivity index (χ4n) is 3.13. The molecule has 1 aliphatic rings. The van der Waals surface area contributed by atoms with Gasteiger partial charge in [-0.25, -0.2) is 8.42 Å². The fourth-order valence-corrected chi connectivity index (χ4v) is 5.78. The van der Waals surface area contributed by atoms with Crippen molar-refractivity contribution in [1.29, 1.82) is 0 Å². The second-order valence-electron chi connectivity index (χ2n) is 6.51. The van der Waals surface area contributed by atoms with E-state index >= 15 is 0 Å². The van der Waals surface area contributed by atoms with Crippen molar-refractivity contribution in [2.45, 2.75) is 32.6 Å². The Labute approximate surface area is 161 Å². The second kappa shape index (κ2) is 7.06. The van der Waals surface area contributed by atoms with Gasteiger partial charge >= 0.3 is 0 Å². The molecular weight excluding hydrogens is 386 g/mol. The summed E-state index contributed by atoms with van der Waals surface area (Å²) in [5.41, 5.74) is 3.45. The molecule has 0 atom stereocenters. The Hall–Kier alpha value is -2.23.